The highest BCUT2D eigenvalue weighted by atomic mass is 15.0. The van der Waals surface area contributed by atoms with E-state index in [2.05, 4.69) is 119 Å². The average Bonchev–Trinajstić information content (AvgIpc) is 3.19. The lowest BCUT2D eigenvalue weighted by molar-refractivity contribution is 0.0779. The SMILES string of the molecule is C[C@@H]1C[C@@H]2C[C@H](C)CC(c3ccc(-c4nc(-c5ccc(C67C[C@H](C)C[C@H](C[C@H](C)C6)C7)cc5)nc(-c5ccc6c(ccc7cc(C#N)ccc76)c5)n4)cc3)(C1)C2. The van der Waals surface area contributed by atoms with Crippen molar-refractivity contribution in [2.24, 2.45) is 35.5 Å². The molecule has 8 atom stereocenters. The third kappa shape index (κ3) is 6.32. The first-order valence-electron chi connectivity index (χ1n) is 21.5. The van der Waals surface area contributed by atoms with Crippen molar-refractivity contribution in [2.75, 3.05) is 0 Å². The number of hydrogen-bond donors (Lipinski definition) is 0. The first kappa shape index (κ1) is 35.5. The third-order valence-electron chi connectivity index (χ3n) is 14.6. The van der Waals surface area contributed by atoms with Gasteiger partial charge in [0.1, 0.15) is 0 Å². The Morgan fingerprint density at radius 2 is 0.857 bits per heavy atom. The van der Waals surface area contributed by atoms with Crippen molar-refractivity contribution >= 4 is 21.5 Å². The Morgan fingerprint density at radius 1 is 0.464 bits per heavy atom. The maximum Gasteiger partial charge on any atom is 0.164 e. The zero-order valence-corrected chi connectivity index (χ0v) is 33.6. The fourth-order valence-electron chi connectivity index (χ4n) is 13.1. The molecule has 6 aromatic rings. The molecule has 0 N–H and O–H groups in total. The fourth-order valence-corrected chi connectivity index (χ4v) is 13.1. The van der Waals surface area contributed by atoms with E-state index >= 15 is 0 Å². The first-order chi connectivity index (χ1) is 27.1. The second-order valence-corrected chi connectivity index (χ2v) is 19.4. The zero-order chi connectivity index (χ0) is 38.2. The molecule has 4 aliphatic rings. The van der Waals surface area contributed by atoms with Gasteiger partial charge in [-0.25, -0.2) is 15.0 Å². The highest BCUT2D eigenvalue weighted by molar-refractivity contribution is 6.08. The van der Waals surface area contributed by atoms with Crippen LogP contribution in [0.3, 0.4) is 0 Å². The van der Waals surface area contributed by atoms with Crippen molar-refractivity contribution in [3.8, 4) is 40.2 Å². The van der Waals surface area contributed by atoms with Crippen LogP contribution in [0.1, 0.15) is 109 Å². The van der Waals surface area contributed by atoms with E-state index in [-0.39, 0.29) is 10.8 Å². The minimum atomic E-state index is 0.285. The number of benzene rings is 5. The maximum absolute atomic E-state index is 9.47. The molecule has 2 unspecified atom stereocenters. The maximum atomic E-state index is 9.47. The van der Waals surface area contributed by atoms with Gasteiger partial charge in [0.2, 0.25) is 0 Å². The predicted molar refractivity (Wildman–Crippen MR) is 229 cm³/mol. The molecule has 4 heteroatoms. The van der Waals surface area contributed by atoms with Crippen LogP contribution in [0.15, 0.2) is 97.1 Å². The van der Waals surface area contributed by atoms with Gasteiger partial charge in [-0.2, -0.15) is 5.26 Å². The van der Waals surface area contributed by atoms with Crippen LogP contribution in [-0.4, -0.2) is 15.0 Å². The van der Waals surface area contributed by atoms with Gasteiger partial charge >= 0.3 is 0 Å². The molecular formula is C52H54N4. The molecule has 5 aromatic carbocycles. The monoisotopic (exact) mass is 734 g/mol. The second-order valence-electron chi connectivity index (χ2n) is 19.4. The number of hydrogen-bond acceptors (Lipinski definition) is 4. The topological polar surface area (TPSA) is 62.5 Å². The lowest BCUT2D eigenvalue weighted by Gasteiger charge is -2.50. The van der Waals surface area contributed by atoms with Crippen LogP contribution in [0, 0.1) is 46.8 Å². The summed E-state index contributed by atoms with van der Waals surface area (Å²) in [5.41, 5.74) is 7.28. The van der Waals surface area contributed by atoms with Crippen LogP contribution in [-0.2, 0) is 10.8 Å². The summed E-state index contributed by atoms with van der Waals surface area (Å²) in [6.07, 6.45) is 13.4. The summed E-state index contributed by atoms with van der Waals surface area (Å²) in [5.74, 6) is 6.93. The van der Waals surface area contributed by atoms with Gasteiger partial charge in [0.25, 0.3) is 0 Å². The van der Waals surface area contributed by atoms with Crippen LogP contribution >= 0.6 is 0 Å². The fraction of sp³-hybridized carbons (Fsp3) is 0.423. The van der Waals surface area contributed by atoms with Crippen LogP contribution in [0.2, 0.25) is 0 Å². The number of nitrogens with zero attached hydrogens (tertiary/aromatic N) is 4. The van der Waals surface area contributed by atoms with Crippen molar-refractivity contribution in [1.82, 2.24) is 15.0 Å². The molecule has 4 aliphatic carbocycles. The van der Waals surface area contributed by atoms with Crippen molar-refractivity contribution in [1.29, 1.82) is 5.26 Å². The summed E-state index contributed by atoms with van der Waals surface area (Å²) in [4.78, 5) is 15.6. The predicted octanol–water partition coefficient (Wildman–Crippen LogP) is 13.3. The van der Waals surface area contributed by atoms with Gasteiger partial charge in [-0.05, 0) is 161 Å². The largest absolute Gasteiger partial charge is 0.208 e. The van der Waals surface area contributed by atoms with E-state index in [9.17, 15) is 5.26 Å². The van der Waals surface area contributed by atoms with Crippen LogP contribution in [0.25, 0.3) is 55.7 Å². The first-order valence-corrected chi connectivity index (χ1v) is 21.5. The molecule has 1 aromatic heterocycles. The molecule has 0 aliphatic heterocycles. The van der Waals surface area contributed by atoms with Crippen LogP contribution < -0.4 is 0 Å². The molecular weight excluding hydrogens is 681 g/mol. The summed E-state index contributed by atoms with van der Waals surface area (Å²) in [6, 6.07) is 37.6. The van der Waals surface area contributed by atoms with Crippen molar-refractivity contribution in [2.45, 2.75) is 103 Å². The molecule has 10 rings (SSSR count). The number of rotatable bonds is 5. The summed E-state index contributed by atoms with van der Waals surface area (Å²) in [6.45, 7) is 9.86. The van der Waals surface area contributed by atoms with Crippen molar-refractivity contribution in [3.05, 3.63) is 114 Å². The van der Waals surface area contributed by atoms with Gasteiger partial charge in [0.05, 0.1) is 11.6 Å². The van der Waals surface area contributed by atoms with Gasteiger partial charge in [-0.3, -0.25) is 0 Å². The molecule has 0 radical (unpaired) electrons. The van der Waals surface area contributed by atoms with E-state index in [4.69, 9.17) is 15.0 Å². The zero-order valence-electron chi connectivity index (χ0n) is 33.6. The average molecular weight is 735 g/mol. The van der Waals surface area contributed by atoms with Gasteiger partial charge in [0, 0.05) is 16.7 Å². The molecule has 4 bridgehead atoms. The van der Waals surface area contributed by atoms with Gasteiger partial charge in [-0.1, -0.05) is 107 Å². The smallest absolute Gasteiger partial charge is 0.164 e. The molecule has 0 amide bonds. The minimum absolute atomic E-state index is 0.285. The van der Waals surface area contributed by atoms with E-state index in [1.54, 1.807) is 0 Å². The Bertz CT molecular complexity index is 2350. The van der Waals surface area contributed by atoms with E-state index in [1.807, 2.05) is 12.1 Å². The van der Waals surface area contributed by atoms with E-state index < -0.39 is 0 Å². The van der Waals surface area contributed by atoms with E-state index in [0.717, 1.165) is 85.4 Å². The Hall–Kier alpha value is -4.88. The Labute approximate surface area is 332 Å². The molecule has 4 nitrogen and oxygen atoms in total. The molecule has 0 saturated heterocycles. The molecule has 0 spiro atoms. The van der Waals surface area contributed by atoms with Gasteiger partial charge in [0.15, 0.2) is 17.5 Å². The summed E-state index contributed by atoms with van der Waals surface area (Å²) in [7, 11) is 0. The Balaban J connectivity index is 1.05. The Morgan fingerprint density at radius 3 is 1.30 bits per heavy atom. The summed E-state index contributed by atoms with van der Waals surface area (Å²) in [5, 5.41) is 14.0. The lowest BCUT2D eigenvalue weighted by Crippen LogP contribution is -2.42. The van der Waals surface area contributed by atoms with Crippen LogP contribution in [0.5, 0.6) is 0 Å². The minimum Gasteiger partial charge on any atom is -0.208 e. The third-order valence-corrected chi connectivity index (χ3v) is 14.6. The molecule has 4 fully saturated rings. The summed E-state index contributed by atoms with van der Waals surface area (Å²) >= 11 is 0. The molecule has 282 valence electrons. The van der Waals surface area contributed by atoms with Crippen molar-refractivity contribution < 1.29 is 0 Å². The molecule has 56 heavy (non-hydrogen) atoms. The second kappa shape index (κ2) is 13.7. The van der Waals surface area contributed by atoms with Gasteiger partial charge < -0.3 is 0 Å². The summed E-state index contributed by atoms with van der Waals surface area (Å²) < 4.78 is 0. The van der Waals surface area contributed by atoms with E-state index in [1.165, 1.54) is 75.3 Å². The number of aromatic nitrogens is 3. The highest BCUT2D eigenvalue weighted by Crippen LogP contribution is 2.55. The lowest BCUT2D eigenvalue weighted by atomic mass is 9.54. The standard InChI is InChI=1S/C52H54N4/c1-32-19-37-20-33(2)26-51(25-32,29-37)44-13-8-39(9-14-44)48-54-49(40-10-15-45(16-11-40)52-27-34(3)21-38(30-52)22-35(4)28-52)56-50(55-48)43-12-18-47-42(24-43)7-6-41-23-36(31-53)5-17-46(41)47/h5-18,23-24,32-35,37-38H,19-22,25-30H2,1-4H3/t32-,33+,34-,35+,37-,38-,51?,52?. The normalized spacial score (nSPS) is 29.9. The number of fused-ring (bicyclic) bond motifs is 7. The molecule has 1 heterocycles. The van der Waals surface area contributed by atoms with E-state index in [0.29, 0.717) is 11.4 Å². The van der Waals surface area contributed by atoms with Crippen molar-refractivity contribution in [3.63, 3.8) is 0 Å². The Kier molecular flexibility index (Phi) is 8.66. The molecule has 4 saturated carbocycles. The highest BCUT2D eigenvalue weighted by Gasteiger charge is 2.46. The van der Waals surface area contributed by atoms with Gasteiger partial charge in [-0.15, -0.1) is 0 Å². The quantitative estimate of drug-likeness (QED) is 0.165. The number of nitriles is 1. The van der Waals surface area contributed by atoms with Crippen LogP contribution in [0.4, 0.5) is 0 Å².